The van der Waals surface area contributed by atoms with Crippen molar-refractivity contribution in [3.63, 3.8) is 0 Å². The number of hydrogen-bond donors (Lipinski definition) is 1. The normalized spacial score (nSPS) is 31.9. The largest absolute Gasteiger partial charge is 0.319 e. The Kier molecular flexibility index (Phi) is 4.67. The summed E-state index contributed by atoms with van der Waals surface area (Å²) in [6, 6.07) is 0.288. The summed E-state index contributed by atoms with van der Waals surface area (Å²) < 4.78 is 23.6. The molecular formula is C13H26N2O2S. The molecule has 2 atom stereocenters. The van der Waals surface area contributed by atoms with Gasteiger partial charge < -0.3 is 5.32 Å². The number of likely N-dealkylation sites (tertiary alicyclic amines) is 1. The molecule has 0 bridgehead atoms. The topological polar surface area (TPSA) is 49.4 Å². The molecule has 0 spiro atoms. The molecule has 1 heterocycles. The molecule has 18 heavy (non-hydrogen) atoms. The zero-order chi connectivity index (χ0) is 13.2. The van der Waals surface area contributed by atoms with Gasteiger partial charge >= 0.3 is 0 Å². The Morgan fingerprint density at radius 2 is 1.83 bits per heavy atom. The molecule has 0 amide bonds. The minimum atomic E-state index is -2.88. The van der Waals surface area contributed by atoms with Gasteiger partial charge in [-0.05, 0) is 58.3 Å². The molecule has 0 aromatic carbocycles. The average molecular weight is 274 g/mol. The first-order chi connectivity index (χ1) is 8.52. The van der Waals surface area contributed by atoms with Crippen LogP contribution < -0.4 is 5.32 Å². The highest BCUT2D eigenvalue weighted by atomic mass is 32.2. The minimum absolute atomic E-state index is 0.113. The van der Waals surface area contributed by atoms with Gasteiger partial charge in [0.2, 0.25) is 0 Å². The van der Waals surface area contributed by atoms with E-state index in [1.807, 2.05) is 7.05 Å². The van der Waals surface area contributed by atoms with Gasteiger partial charge in [0.15, 0.2) is 9.84 Å². The van der Waals surface area contributed by atoms with E-state index in [2.05, 4.69) is 10.2 Å². The Balaban J connectivity index is 1.93. The van der Waals surface area contributed by atoms with E-state index in [1.165, 1.54) is 19.1 Å². The van der Waals surface area contributed by atoms with Gasteiger partial charge in [0.1, 0.15) is 0 Å². The summed E-state index contributed by atoms with van der Waals surface area (Å²) in [6.07, 6.45) is 6.80. The Labute approximate surface area is 111 Å². The summed E-state index contributed by atoms with van der Waals surface area (Å²) in [6.45, 7) is 3.24. The zero-order valence-electron chi connectivity index (χ0n) is 11.6. The van der Waals surface area contributed by atoms with E-state index in [4.69, 9.17) is 0 Å². The number of nitrogens with zero attached hydrogens (tertiary/aromatic N) is 1. The van der Waals surface area contributed by atoms with Gasteiger partial charge in [-0.1, -0.05) is 6.42 Å². The summed E-state index contributed by atoms with van der Waals surface area (Å²) in [7, 11) is -0.876. The fraction of sp³-hybridized carbons (Fsp3) is 1.00. The molecule has 1 aliphatic carbocycles. The fourth-order valence-electron chi connectivity index (χ4n) is 3.60. The second kappa shape index (κ2) is 5.88. The third-order valence-electron chi connectivity index (χ3n) is 4.58. The number of rotatable bonds is 4. The van der Waals surface area contributed by atoms with Crippen molar-refractivity contribution >= 4 is 9.84 Å². The van der Waals surface area contributed by atoms with Crippen molar-refractivity contribution < 1.29 is 8.42 Å². The predicted molar refractivity (Wildman–Crippen MR) is 74.5 cm³/mol. The van der Waals surface area contributed by atoms with E-state index in [1.54, 1.807) is 0 Å². The molecule has 0 aromatic rings. The molecule has 0 aromatic heterocycles. The molecule has 1 aliphatic heterocycles. The maximum absolute atomic E-state index is 11.8. The molecule has 5 heteroatoms. The van der Waals surface area contributed by atoms with Gasteiger partial charge in [-0.3, -0.25) is 4.90 Å². The molecule has 4 nitrogen and oxygen atoms in total. The predicted octanol–water partition coefficient (Wildman–Crippen LogP) is 0.884. The van der Waals surface area contributed by atoms with Crippen molar-refractivity contribution in [1.29, 1.82) is 0 Å². The van der Waals surface area contributed by atoms with Crippen LogP contribution in [-0.2, 0) is 9.84 Å². The molecule has 1 saturated carbocycles. The van der Waals surface area contributed by atoms with Gasteiger partial charge in [0.25, 0.3) is 0 Å². The van der Waals surface area contributed by atoms with E-state index < -0.39 is 9.84 Å². The van der Waals surface area contributed by atoms with Crippen LogP contribution in [0.15, 0.2) is 0 Å². The summed E-state index contributed by atoms with van der Waals surface area (Å²) in [5, 5.41) is 3.13. The summed E-state index contributed by atoms with van der Waals surface area (Å²) in [4.78, 5) is 2.44. The average Bonchev–Trinajstić information content (AvgIpc) is 2.79. The maximum atomic E-state index is 11.8. The zero-order valence-corrected chi connectivity index (χ0v) is 12.4. The molecule has 2 aliphatic rings. The van der Waals surface area contributed by atoms with Crippen LogP contribution in [0.3, 0.4) is 0 Å². The van der Waals surface area contributed by atoms with Crippen LogP contribution in [0, 0.1) is 5.92 Å². The van der Waals surface area contributed by atoms with Crippen LogP contribution in [-0.4, -0.2) is 57.5 Å². The van der Waals surface area contributed by atoms with E-state index in [9.17, 15) is 8.42 Å². The lowest BCUT2D eigenvalue weighted by Gasteiger charge is -2.38. The Morgan fingerprint density at radius 1 is 1.17 bits per heavy atom. The van der Waals surface area contributed by atoms with Crippen LogP contribution in [0.4, 0.5) is 0 Å². The number of sulfone groups is 1. The Morgan fingerprint density at radius 3 is 2.39 bits per heavy atom. The first kappa shape index (κ1) is 14.3. The molecule has 1 N–H and O–H groups in total. The fourth-order valence-corrected chi connectivity index (χ4v) is 5.07. The second-order valence-corrected chi connectivity index (χ2v) is 8.17. The van der Waals surface area contributed by atoms with E-state index in [-0.39, 0.29) is 11.3 Å². The molecule has 1 saturated heterocycles. The highest BCUT2D eigenvalue weighted by Gasteiger charge is 2.39. The highest BCUT2D eigenvalue weighted by Crippen LogP contribution is 2.31. The minimum Gasteiger partial charge on any atom is -0.319 e. The standard InChI is InChI=1S/C13H26N2O2S/c1-14-10-11-6-8-15(9-7-11)12-4-3-5-13(12)18(2,16)17/h11-14H,3-10H2,1-2H3. The SMILES string of the molecule is CNCC1CCN(C2CCCC2S(C)(=O)=O)CC1. The number of piperidine rings is 1. The third-order valence-corrected chi connectivity index (χ3v) is 6.23. The van der Waals surface area contributed by atoms with Crippen LogP contribution in [0.25, 0.3) is 0 Å². The van der Waals surface area contributed by atoms with Crippen molar-refractivity contribution in [3.8, 4) is 0 Å². The van der Waals surface area contributed by atoms with Crippen molar-refractivity contribution in [3.05, 3.63) is 0 Å². The van der Waals surface area contributed by atoms with Crippen LogP contribution in [0.2, 0.25) is 0 Å². The first-order valence-electron chi connectivity index (χ1n) is 7.10. The molecule has 0 radical (unpaired) electrons. The van der Waals surface area contributed by atoms with Gasteiger partial charge in [-0.15, -0.1) is 0 Å². The Bertz CT molecular complexity index is 361. The van der Waals surface area contributed by atoms with Crippen LogP contribution >= 0.6 is 0 Å². The summed E-state index contributed by atoms with van der Waals surface area (Å²) in [5.41, 5.74) is 0. The maximum Gasteiger partial charge on any atom is 0.151 e. The smallest absolute Gasteiger partial charge is 0.151 e. The lowest BCUT2D eigenvalue weighted by molar-refractivity contribution is 0.135. The van der Waals surface area contributed by atoms with Crippen molar-refractivity contribution in [1.82, 2.24) is 10.2 Å². The number of nitrogens with one attached hydrogen (secondary N) is 1. The van der Waals surface area contributed by atoms with E-state index >= 15 is 0 Å². The van der Waals surface area contributed by atoms with Crippen molar-refractivity contribution in [2.45, 2.75) is 43.4 Å². The Hall–Kier alpha value is -0.130. The number of hydrogen-bond acceptors (Lipinski definition) is 4. The molecule has 2 unspecified atom stereocenters. The molecule has 2 fully saturated rings. The third kappa shape index (κ3) is 3.25. The van der Waals surface area contributed by atoms with Gasteiger partial charge in [-0.25, -0.2) is 8.42 Å². The van der Waals surface area contributed by atoms with Gasteiger partial charge in [-0.2, -0.15) is 0 Å². The van der Waals surface area contributed by atoms with Crippen molar-refractivity contribution in [2.24, 2.45) is 5.92 Å². The quantitative estimate of drug-likeness (QED) is 0.827. The molecule has 2 rings (SSSR count). The van der Waals surface area contributed by atoms with Gasteiger partial charge in [0, 0.05) is 12.3 Å². The summed E-state index contributed by atoms with van der Waals surface area (Å²) >= 11 is 0. The first-order valence-corrected chi connectivity index (χ1v) is 9.05. The van der Waals surface area contributed by atoms with E-state index in [0.717, 1.165) is 44.8 Å². The molecule has 106 valence electrons. The monoisotopic (exact) mass is 274 g/mol. The van der Waals surface area contributed by atoms with Crippen LogP contribution in [0.5, 0.6) is 0 Å². The van der Waals surface area contributed by atoms with Crippen LogP contribution in [0.1, 0.15) is 32.1 Å². The lowest BCUT2D eigenvalue weighted by Crippen LogP contribution is -2.48. The molecular weight excluding hydrogens is 248 g/mol. The lowest BCUT2D eigenvalue weighted by atomic mass is 9.95. The summed E-state index contributed by atoms with van der Waals surface area (Å²) in [5.74, 6) is 0.768. The van der Waals surface area contributed by atoms with E-state index in [0.29, 0.717) is 0 Å². The second-order valence-electron chi connectivity index (χ2n) is 5.90. The van der Waals surface area contributed by atoms with Crippen molar-refractivity contribution in [2.75, 3.05) is 32.9 Å². The highest BCUT2D eigenvalue weighted by molar-refractivity contribution is 7.91. The van der Waals surface area contributed by atoms with Gasteiger partial charge in [0.05, 0.1) is 5.25 Å².